The average molecular weight is 561 g/mol. The third-order valence-corrected chi connectivity index (χ3v) is 9.29. The summed E-state index contributed by atoms with van der Waals surface area (Å²) in [7, 11) is 0. The Balaban J connectivity index is 0.985. The van der Waals surface area contributed by atoms with Crippen molar-refractivity contribution in [2.45, 2.75) is 82.8 Å². The third kappa shape index (κ3) is 6.52. The van der Waals surface area contributed by atoms with E-state index in [1.54, 1.807) is 12.1 Å². The van der Waals surface area contributed by atoms with Gasteiger partial charge in [0.05, 0.1) is 17.7 Å². The van der Waals surface area contributed by atoms with Crippen molar-refractivity contribution < 1.29 is 23.8 Å². The summed E-state index contributed by atoms with van der Waals surface area (Å²) in [6.07, 6.45) is 12.0. The van der Waals surface area contributed by atoms with Crippen molar-refractivity contribution in [3.8, 4) is 5.75 Å². The number of carbonyl (C=O) groups excluding carboxylic acids is 2. The highest BCUT2D eigenvalue weighted by atomic mass is 16.7. The van der Waals surface area contributed by atoms with Crippen molar-refractivity contribution in [1.29, 1.82) is 0 Å². The Morgan fingerprint density at radius 1 is 0.805 bits per heavy atom. The quantitative estimate of drug-likeness (QED) is 0.258. The van der Waals surface area contributed by atoms with E-state index in [0.29, 0.717) is 36.8 Å². The van der Waals surface area contributed by atoms with Gasteiger partial charge in [-0.3, -0.25) is 14.5 Å². The van der Waals surface area contributed by atoms with Crippen LogP contribution in [0.5, 0.6) is 5.75 Å². The zero-order valence-corrected chi connectivity index (χ0v) is 24.3. The van der Waals surface area contributed by atoms with E-state index in [1.807, 2.05) is 12.1 Å². The lowest BCUT2D eigenvalue weighted by atomic mass is 9.83. The molecular formula is C34H44N2O5. The Bertz CT molecular complexity index is 1180. The van der Waals surface area contributed by atoms with Gasteiger partial charge < -0.3 is 19.1 Å². The Kier molecular flexibility index (Phi) is 9.34. The van der Waals surface area contributed by atoms with Gasteiger partial charge in [0.15, 0.2) is 6.29 Å². The number of unbranched alkanes of at least 4 members (excludes halogenated alkanes) is 1. The summed E-state index contributed by atoms with van der Waals surface area (Å²) in [5.41, 5.74) is 5.34. The van der Waals surface area contributed by atoms with Crippen LogP contribution in [0.2, 0.25) is 0 Å². The summed E-state index contributed by atoms with van der Waals surface area (Å²) >= 11 is 0. The molecule has 0 spiro atoms. The highest BCUT2D eigenvalue weighted by Crippen LogP contribution is 2.40. The molecule has 3 heterocycles. The molecule has 2 aromatic rings. The molecule has 220 valence electrons. The minimum Gasteiger partial charge on any atom is -0.491 e. The maximum Gasteiger partial charge on any atom is 0.261 e. The molecule has 41 heavy (non-hydrogen) atoms. The molecule has 7 nitrogen and oxygen atoms in total. The van der Waals surface area contributed by atoms with E-state index in [1.165, 1.54) is 40.9 Å². The zero-order valence-electron chi connectivity index (χ0n) is 24.3. The predicted octanol–water partition coefficient (Wildman–Crippen LogP) is 5.74. The van der Waals surface area contributed by atoms with E-state index >= 15 is 0 Å². The molecule has 4 aliphatic rings. The highest BCUT2D eigenvalue weighted by Gasteiger charge is 2.34. The summed E-state index contributed by atoms with van der Waals surface area (Å²) in [6, 6.07) is 11.8. The minimum absolute atomic E-state index is 0.0755. The van der Waals surface area contributed by atoms with Crippen LogP contribution in [0.15, 0.2) is 36.4 Å². The number of hydrogen-bond acceptors (Lipinski definition) is 6. The van der Waals surface area contributed by atoms with Crippen LogP contribution >= 0.6 is 0 Å². The number of ether oxygens (including phenoxy) is 3. The molecule has 2 amide bonds. The smallest absolute Gasteiger partial charge is 0.261 e. The number of imide groups is 1. The first kappa shape index (κ1) is 28.4. The number of rotatable bonds is 11. The van der Waals surface area contributed by atoms with Crippen molar-refractivity contribution >= 4 is 11.8 Å². The van der Waals surface area contributed by atoms with Crippen molar-refractivity contribution in [1.82, 2.24) is 9.80 Å². The lowest BCUT2D eigenvalue weighted by molar-refractivity contribution is -0.165. The fourth-order valence-corrected chi connectivity index (χ4v) is 6.99. The van der Waals surface area contributed by atoms with Gasteiger partial charge in [-0.25, -0.2) is 0 Å². The SMILES string of the molecule is O=C1c2ccccc2C(=O)N1CCCCN1CCC(c2ccc3c(c2OCCOC2CCCCO2)CCCC3)CC1. The van der Waals surface area contributed by atoms with Gasteiger partial charge in [0, 0.05) is 13.2 Å². The molecule has 7 heteroatoms. The second-order valence-corrected chi connectivity index (χ2v) is 12.0. The molecule has 2 fully saturated rings. The summed E-state index contributed by atoms with van der Waals surface area (Å²) in [5.74, 6) is 1.34. The van der Waals surface area contributed by atoms with E-state index in [4.69, 9.17) is 14.2 Å². The number of aryl methyl sites for hydroxylation is 1. The molecule has 0 radical (unpaired) electrons. The van der Waals surface area contributed by atoms with E-state index in [-0.39, 0.29) is 18.1 Å². The van der Waals surface area contributed by atoms with Crippen molar-refractivity contribution in [3.05, 3.63) is 64.2 Å². The van der Waals surface area contributed by atoms with Crippen LogP contribution in [0.4, 0.5) is 0 Å². The van der Waals surface area contributed by atoms with Crippen LogP contribution in [0.25, 0.3) is 0 Å². The second-order valence-electron chi connectivity index (χ2n) is 12.0. The van der Waals surface area contributed by atoms with E-state index < -0.39 is 0 Å². The molecule has 0 bridgehead atoms. The summed E-state index contributed by atoms with van der Waals surface area (Å²) < 4.78 is 18.2. The Labute approximate surface area is 244 Å². The van der Waals surface area contributed by atoms with Gasteiger partial charge in [0.1, 0.15) is 12.4 Å². The Morgan fingerprint density at radius 3 is 2.32 bits per heavy atom. The number of likely N-dealkylation sites (tertiary alicyclic amines) is 1. The fraction of sp³-hybridized carbons (Fsp3) is 0.588. The van der Waals surface area contributed by atoms with Crippen molar-refractivity contribution in [3.63, 3.8) is 0 Å². The second kappa shape index (κ2) is 13.5. The number of fused-ring (bicyclic) bond motifs is 2. The van der Waals surface area contributed by atoms with Gasteiger partial charge >= 0.3 is 0 Å². The first-order valence-electron chi connectivity index (χ1n) is 15.9. The van der Waals surface area contributed by atoms with Crippen molar-refractivity contribution in [2.75, 3.05) is 46.0 Å². The topological polar surface area (TPSA) is 68.3 Å². The third-order valence-electron chi connectivity index (χ3n) is 9.29. The summed E-state index contributed by atoms with van der Waals surface area (Å²) in [5, 5.41) is 0. The lowest BCUT2D eigenvalue weighted by Crippen LogP contribution is -2.35. The van der Waals surface area contributed by atoms with Crippen LogP contribution in [0, 0.1) is 0 Å². The summed E-state index contributed by atoms with van der Waals surface area (Å²) in [4.78, 5) is 29.2. The molecule has 2 saturated heterocycles. The molecule has 6 rings (SSSR count). The zero-order chi connectivity index (χ0) is 28.0. The number of carbonyl (C=O) groups is 2. The van der Waals surface area contributed by atoms with Gasteiger partial charge in [0.25, 0.3) is 11.8 Å². The first-order valence-corrected chi connectivity index (χ1v) is 15.9. The van der Waals surface area contributed by atoms with Gasteiger partial charge in [-0.05, 0) is 125 Å². The minimum atomic E-state index is -0.150. The number of amides is 2. The monoisotopic (exact) mass is 560 g/mol. The predicted molar refractivity (Wildman–Crippen MR) is 158 cm³/mol. The normalized spacial score (nSPS) is 21.7. The van der Waals surface area contributed by atoms with Gasteiger partial charge in [-0.2, -0.15) is 0 Å². The molecule has 3 aliphatic heterocycles. The van der Waals surface area contributed by atoms with E-state index in [9.17, 15) is 9.59 Å². The first-order chi connectivity index (χ1) is 20.2. The number of piperidine rings is 1. The molecule has 0 aromatic heterocycles. The largest absolute Gasteiger partial charge is 0.491 e. The van der Waals surface area contributed by atoms with Crippen LogP contribution < -0.4 is 4.74 Å². The maximum absolute atomic E-state index is 12.6. The Morgan fingerprint density at radius 2 is 1.56 bits per heavy atom. The van der Waals surface area contributed by atoms with Gasteiger partial charge in [-0.1, -0.05) is 24.3 Å². The molecule has 2 aromatic carbocycles. The van der Waals surface area contributed by atoms with Crippen LogP contribution in [0.3, 0.4) is 0 Å². The lowest BCUT2D eigenvalue weighted by Gasteiger charge is -2.34. The van der Waals surface area contributed by atoms with Crippen molar-refractivity contribution in [2.24, 2.45) is 0 Å². The average Bonchev–Trinajstić information content (AvgIpc) is 3.27. The number of nitrogens with zero attached hydrogens (tertiary/aromatic N) is 2. The van der Waals surface area contributed by atoms with Gasteiger partial charge in [0.2, 0.25) is 0 Å². The molecule has 0 N–H and O–H groups in total. The maximum atomic E-state index is 12.6. The Hall–Kier alpha value is -2.74. The molecule has 1 atom stereocenters. The van der Waals surface area contributed by atoms with E-state index in [2.05, 4.69) is 17.0 Å². The van der Waals surface area contributed by atoms with Gasteiger partial charge in [-0.15, -0.1) is 0 Å². The summed E-state index contributed by atoms with van der Waals surface area (Å²) in [6.45, 7) is 5.56. The molecule has 1 unspecified atom stereocenters. The highest BCUT2D eigenvalue weighted by molar-refractivity contribution is 6.21. The molecule has 0 saturated carbocycles. The van der Waals surface area contributed by atoms with Crippen LogP contribution in [-0.2, 0) is 22.3 Å². The fourth-order valence-electron chi connectivity index (χ4n) is 6.99. The number of benzene rings is 2. The van der Waals surface area contributed by atoms with Crippen LogP contribution in [-0.4, -0.2) is 73.9 Å². The van der Waals surface area contributed by atoms with E-state index in [0.717, 1.165) is 83.4 Å². The molecular weight excluding hydrogens is 516 g/mol. The van der Waals surface area contributed by atoms with Crippen LogP contribution in [0.1, 0.15) is 101 Å². The standard InChI is InChI=1S/C34H44N2O5/c37-33-29-11-3-4-12-30(29)34(38)36(33)19-7-6-18-35-20-16-26(17-21-35)28-15-14-25-9-1-2-10-27(25)32(28)41-24-23-40-31-13-5-8-22-39-31/h3-4,11-12,14-15,26,31H,1-2,5-10,13,16-24H2. The number of hydrogen-bond donors (Lipinski definition) is 0. The molecule has 1 aliphatic carbocycles.